The smallest absolute Gasteiger partial charge is 0.260 e. The molecule has 2 aromatic rings. The van der Waals surface area contributed by atoms with Gasteiger partial charge in [-0.2, -0.15) is 14.6 Å². The first-order valence-electron chi connectivity index (χ1n) is 5.87. The van der Waals surface area contributed by atoms with Crippen molar-refractivity contribution >= 4 is 34.9 Å². The molecule has 0 aliphatic carbocycles. The minimum absolute atomic E-state index is 0.0116. The molecule has 0 spiro atoms. The molecule has 2 rings (SSSR count). The number of nitriles is 1. The molecule has 2 N–H and O–H groups in total. The van der Waals surface area contributed by atoms with E-state index in [1.807, 2.05) is 6.07 Å². The van der Waals surface area contributed by atoms with E-state index in [2.05, 4.69) is 9.97 Å². The van der Waals surface area contributed by atoms with E-state index in [1.165, 1.54) is 6.08 Å². The van der Waals surface area contributed by atoms with Crippen molar-refractivity contribution in [1.29, 1.82) is 5.26 Å². The molecule has 0 aliphatic rings. The van der Waals surface area contributed by atoms with E-state index in [0.717, 1.165) is 6.20 Å². The summed E-state index contributed by atoms with van der Waals surface area (Å²) in [6.45, 7) is 0. The zero-order valence-electron chi connectivity index (χ0n) is 11.0. The summed E-state index contributed by atoms with van der Waals surface area (Å²) >= 11 is 10.4. The van der Waals surface area contributed by atoms with Crippen LogP contribution in [-0.2, 0) is 0 Å². The zero-order chi connectivity index (χ0) is 16.1. The van der Waals surface area contributed by atoms with Gasteiger partial charge in [-0.05, 0) is 35.4 Å². The highest BCUT2D eigenvalue weighted by atomic mass is 35.5. The average molecular weight is 335 g/mol. The van der Waals surface area contributed by atoms with Crippen molar-refractivity contribution in [2.24, 2.45) is 5.73 Å². The number of aromatic nitrogens is 2. The molecule has 0 aliphatic heterocycles. The van der Waals surface area contributed by atoms with Crippen molar-refractivity contribution in [1.82, 2.24) is 9.97 Å². The maximum absolute atomic E-state index is 13.5. The third-order valence-corrected chi connectivity index (χ3v) is 2.85. The molecule has 1 aromatic heterocycles. The number of hydrogen-bond acceptors (Lipinski definition) is 5. The van der Waals surface area contributed by atoms with E-state index in [4.69, 9.17) is 39.6 Å². The van der Waals surface area contributed by atoms with Gasteiger partial charge >= 0.3 is 0 Å². The summed E-state index contributed by atoms with van der Waals surface area (Å²) in [7, 11) is 0. The predicted molar refractivity (Wildman–Crippen MR) is 83.9 cm³/mol. The monoisotopic (exact) mass is 334 g/mol. The predicted octanol–water partition coefficient (Wildman–Crippen LogP) is 3.25. The van der Waals surface area contributed by atoms with Crippen molar-refractivity contribution in [3.8, 4) is 17.7 Å². The van der Waals surface area contributed by atoms with Crippen LogP contribution in [0.3, 0.4) is 0 Å². The first-order chi connectivity index (χ1) is 10.5. The average Bonchev–Trinajstić information content (AvgIpc) is 2.48. The van der Waals surface area contributed by atoms with Crippen molar-refractivity contribution in [2.75, 3.05) is 0 Å². The SMILES string of the molecule is N#CC(=Cc1cccc(Oc2nc(Cl)ncc2F)c1)C(N)=S. The summed E-state index contributed by atoms with van der Waals surface area (Å²) in [4.78, 5) is 7.13. The lowest BCUT2D eigenvalue weighted by atomic mass is 10.1. The molecule has 0 atom stereocenters. The van der Waals surface area contributed by atoms with Gasteiger partial charge in [0, 0.05) is 0 Å². The molecule has 1 aromatic carbocycles. The summed E-state index contributed by atoms with van der Waals surface area (Å²) in [5.74, 6) is -0.732. The van der Waals surface area contributed by atoms with Crippen LogP contribution in [0.5, 0.6) is 11.6 Å². The number of benzene rings is 1. The van der Waals surface area contributed by atoms with E-state index >= 15 is 0 Å². The van der Waals surface area contributed by atoms with E-state index < -0.39 is 5.82 Å². The highest BCUT2D eigenvalue weighted by molar-refractivity contribution is 7.80. The molecule has 0 saturated carbocycles. The molecule has 8 heteroatoms. The van der Waals surface area contributed by atoms with E-state index in [0.29, 0.717) is 11.3 Å². The van der Waals surface area contributed by atoms with Crippen LogP contribution < -0.4 is 10.5 Å². The maximum atomic E-state index is 13.5. The Balaban J connectivity index is 2.31. The molecule has 0 fully saturated rings. The molecule has 0 bridgehead atoms. The van der Waals surface area contributed by atoms with Crippen LogP contribution in [-0.4, -0.2) is 15.0 Å². The largest absolute Gasteiger partial charge is 0.436 e. The highest BCUT2D eigenvalue weighted by Gasteiger charge is 2.09. The fourth-order valence-corrected chi connectivity index (χ4v) is 1.74. The van der Waals surface area contributed by atoms with Gasteiger partial charge in [0.15, 0.2) is 0 Å². The number of ether oxygens (including phenoxy) is 1. The van der Waals surface area contributed by atoms with E-state index in [1.54, 1.807) is 24.3 Å². The topological polar surface area (TPSA) is 84.8 Å². The number of rotatable bonds is 4. The fourth-order valence-electron chi connectivity index (χ4n) is 1.51. The first kappa shape index (κ1) is 15.8. The van der Waals surface area contributed by atoms with Gasteiger partial charge in [0.2, 0.25) is 11.1 Å². The third kappa shape index (κ3) is 3.97. The van der Waals surface area contributed by atoms with Gasteiger partial charge < -0.3 is 10.5 Å². The molecule has 0 unspecified atom stereocenters. The number of nitrogens with two attached hydrogens (primary N) is 1. The Morgan fingerprint density at radius 2 is 2.27 bits per heavy atom. The van der Waals surface area contributed by atoms with Crippen LogP contribution in [0.25, 0.3) is 6.08 Å². The number of thiocarbonyl (C=S) groups is 1. The van der Waals surface area contributed by atoms with Crippen LogP contribution in [0.1, 0.15) is 5.56 Å². The Bertz CT molecular complexity index is 804. The number of hydrogen-bond donors (Lipinski definition) is 1. The van der Waals surface area contributed by atoms with Crippen molar-refractivity contribution in [3.63, 3.8) is 0 Å². The van der Waals surface area contributed by atoms with Crippen LogP contribution in [0.15, 0.2) is 36.0 Å². The highest BCUT2D eigenvalue weighted by Crippen LogP contribution is 2.24. The Kier molecular flexibility index (Phi) is 4.99. The molecule has 22 heavy (non-hydrogen) atoms. The second kappa shape index (κ2) is 6.93. The van der Waals surface area contributed by atoms with E-state index in [-0.39, 0.29) is 21.7 Å². The summed E-state index contributed by atoms with van der Waals surface area (Å²) in [5, 5.41) is 8.80. The quantitative estimate of drug-likeness (QED) is 0.400. The second-order valence-corrected chi connectivity index (χ2v) is 4.78. The summed E-state index contributed by atoms with van der Waals surface area (Å²) in [6, 6.07) is 8.44. The van der Waals surface area contributed by atoms with Gasteiger partial charge in [0.1, 0.15) is 16.8 Å². The Labute approximate surface area is 135 Å². The van der Waals surface area contributed by atoms with Gasteiger partial charge in [0.05, 0.1) is 11.8 Å². The lowest BCUT2D eigenvalue weighted by molar-refractivity contribution is 0.420. The third-order valence-electron chi connectivity index (χ3n) is 2.45. The van der Waals surface area contributed by atoms with Crippen LogP contribution >= 0.6 is 23.8 Å². The summed E-state index contributed by atoms with van der Waals surface area (Å²) in [5.41, 5.74) is 6.19. The molecular weight excluding hydrogens is 327 g/mol. The van der Waals surface area contributed by atoms with Crippen molar-refractivity contribution in [2.45, 2.75) is 0 Å². The molecule has 5 nitrogen and oxygen atoms in total. The van der Waals surface area contributed by atoms with Gasteiger partial charge in [0.25, 0.3) is 5.88 Å². The van der Waals surface area contributed by atoms with Crippen LogP contribution in [0.2, 0.25) is 5.28 Å². The summed E-state index contributed by atoms with van der Waals surface area (Å²) in [6.07, 6.45) is 2.41. The molecule has 1 heterocycles. The second-order valence-electron chi connectivity index (χ2n) is 4.00. The fraction of sp³-hybridized carbons (Fsp3) is 0. The van der Waals surface area contributed by atoms with Gasteiger partial charge in [-0.15, -0.1) is 0 Å². The lowest BCUT2D eigenvalue weighted by Crippen LogP contribution is -2.09. The maximum Gasteiger partial charge on any atom is 0.260 e. The van der Waals surface area contributed by atoms with Gasteiger partial charge in [-0.25, -0.2) is 4.98 Å². The lowest BCUT2D eigenvalue weighted by Gasteiger charge is -2.06. The molecule has 0 amide bonds. The number of halogens is 2. The minimum Gasteiger partial charge on any atom is -0.436 e. The molecule has 110 valence electrons. The summed E-state index contributed by atoms with van der Waals surface area (Å²) < 4.78 is 18.8. The van der Waals surface area contributed by atoms with Crippen LogP contribution in [0.4, 0.5) is 4.39 Å². The van der Waals surface area contributed by atoms with Crippen molar-refractivity contribution in [3.05, 3.63) is 52.7 Å². The first-order valence-corrected chi connectivity index (χ1v) is 6.66. The Morgan fingerprint density at radius 3 is 2.95 bits per heavy atom. The zero-order valence-corrected chi connectivity index (χ0v) is 12.5. The Morgan fingerprint density at radius 1 is 1.50 bits per heavy atom. The Hall–Kier alpha value is -2.56. The molecule has 0 saturated heterocycles. The van der Waals surface area contributed by atoms with Gasteiger partial charge in [-0.3, -0.25) is 0 Å². The van der Waals surface area contributed by atoms with E-state index in [9.17, 15) is 4.39 Å². The molecular formula is C14H8ClFN4OS. The normalized spacial score (nSPS) is 10.9. The molecule has 0 radical (unpaired) electrons. The van der Waals surface area contributed by atoms with Crippen molar-refractivity contribution < 1.29 is 9.13 Å². The number of nitrogens with zero attached hydrogens (tertiary/aromatic N) is 3. The standard InChI is InChI=1S/C14H8ClFN4OS/c15-14-19-7-11(16)13(20-14)21-10-3-1-2-8(5-10)4-9(6-17)12(18)22/h1-5,7H,(H2,18,22). The van der Waals surface area contributed by atoms with Crippen LogP contribution in [0, 0.1) is 17.1 Å². The minimum atomic E-state index is -0.744. The van der Waals surface area contributed by atoms with Gasteiger partial charge in [-0.1, -0.05) is 24.4 Å².